The summed E-state index contributed by atoms with van der Waals surface area (Å²) < 4.78 is 0. The molecule has 2 aromatic rings. The van der Waals surface area contributed by atoms with Crippen molar-refractivity contribution in [2.45, 2.75) is 31.7 Å². The second-order valence-electron chi connectivity index (χ2n) is 5.11. The van der Waals surface area contributed by atoms with Crippen molar-refractivity contribution in [2.24, 2.45) is 0 Å². The highest BCUT2D eigenvalue weighted by molar-refractivity contribution is 5.91. The molecule has 1 saturated carbocycles. The molecule has 0 unspecified atom stereocenters. The van der Waals surface area contributed by atoms with E-state index in [0.29, 0.717) is 11.7 Å². The molecular formula is C16H17N3O. The molecular weight excluding hydrogens is 250 g/mol. The lowest BCUT2D eigenvalue weighted by atomic mass is 10.2. The first kappa shape index (κ1) is 12.8. The Morgan fingerprint density at radius 1 is 1.20 bits per heavy atom. The van der Waals surface area contributed by atoms with E-state index in [1.807, 2.05) is 24.3 Å². The summed E-state index contributed by atoms with van der Waals surface area (Å²) in [6.07, 6.45) is 9.54. The normalized spacial score (nSPS) is 16.0. The minimum Gasteiger partial charge on any atom is -0.350 e. The quantitative estimate of drug-likeness (QED) is 0.870. The maximum atomic E-state index is 11.8. The summed E-state index contributed by atoms with van der Waals surface area (Å²) in [4.78, 5) is 20.6. The van der Waals surface area contributed by atoms with Crippen molar-refractivity contribution >= 4 is 23.0 Å². The van der Waals surface area contributed by atoms with Crippen LogP contribution in [-0.4, -0.2) is 21.9 Å². The number of para-hydroxylation sites is 2. The van der Waals surface area contributed by atoms with Gasteiger partial charge in [-0.2, -0.15) is 0 Å². The zero-order valence-electron chi connectivity index (χ0n) is 11.2. The average Bonchev–Trinajstić information content (AvgIpc) is 2.98. The Labute approximate surface area is 117 Å². The van der Waals surface area contributed by atoms with Crippen molar-refractivity contribution in [3.05, 3.63) is 42.2 Å². The number of carbonyl (C=O) groups is 1. The van der Waals surface area contributed by atoms with E-state index in [0.717, 1.165) is 23.9 Å². The molecule has 1 aliphatic rings. The van der Waals surface area contributed by atoms with Gasteiger partial charge in [0.1, 0.15) is 0 Å². The molecule has 0 saturated heterocycles. The van der Waals surface area contributed by atoms with Crippen molar-refractivity contribution in [3.63, 3.8) is 0 Å². The predicted molar refractivity (Wildman–Crippen MR) is 79.0 cm³/mol. The van der Waals surface area contributed by atoms with Crippen molar-refractivity contribution in [1.29, 1.82) is 0 Å². The Hall–Kier alpha value is -2.23. The highest BCUT2D eigenvalue weighted by Gasteiger charge is 2.15. The van der Waals surface area contributed by atoms with Gasteiger partial charge in [0, 0.05) is 12.1 Å². The zero-order valence-corrected chi connectivity index (χ0v) is 11.2. The number of fused-ring (bicyclic) bond motifs is 1. The van der Waals surface area contributed by atoms with Gasteiger partial charge < -0.3 is 5.32 Å². The Morgan fingerprint density at radius 2 is 1.95 bits per heavy atom. The number of benzene rings is 1. The monoisotopic (exact) mass is 267 g/mol. The van der Waals surface area contributed by atoms with Crippen LogP contribution in [0.15, 0.2) is 36.5 Å². The number of nitrogens with one attached hydrogen (secondary N) is 1. The van der Waals surface area contributed by atoms with E-state index >= 15 is 0 Å². The van der Waals surface area contributed by atoms with Crippen molar-refractivity contribution < 1.29 is 4.79 Å². The first-order chi connectivity index (χ1) is 9.81. The Morgan fingerprint density at radius 3 is 2.75 bits per heavy atom. The molecule has 1 aromatic carbocycles. The number of rotatable bonds is 3. The smallest absolute Gasteiger partial charge is 0.244 e. The largest absolute Gasteiger partial charge is 0.350 e. The molecule has 0 aliphatic heterocycles. The lowest BCUT2D eigenvalue weighted by molar-refractivity contribution is -0.117. The molecule has 102 valence electrons. The van der Waals surface area contributed by atoms with E-state index in [4.69, 9.17) is 0 Å². The third kappa shape index (κ3) is 3.02. The van der Waals surface area contributed by atoms with E-state index in [9.17, 15) is 4.79 Å². The summed E-state index contributed by atoms with van der Waals surface area (Å²) in [7, 11) is 0. The molecule has 4 heteroatoms. The van der Waals surface area contributed by atoms with Crippen molar-refractivity contribution in [3.8, 4) is 0 Å². The number of nitrogens with zero attached hydrogens (tertiary/aromatic N) is 2. The lowest BCUT2D eigenvalue weighted by Crippen LogP contribution is -2.30. The van der Waals surface area contributed by atoms with Gasteiger partial charge in [0.15, 0.2) is 0 Å². The second-order valence-corrected chi connectivity index (χ2v) is 5.11. The third-order valence-corrected chi connectivity index (χ3v) is 3.57. The highest BCUT2D eigenvalue weighted by Crippen LogP contribution is 2.17. The third-order valence-electron chi connectivity index (χ3n) is 3.57. The first-order valence-corrected chi connectivity index (χ1v) is 7.02. The number of hydrogen-bond donors (Lipinski definition) is 1. The van der Waals surface area contributed by atoms with Gasteiger partial charge in [0.2, 0.25) is 5.91 Å². The SMILES string of the molecule is O=C(/C=C/c1cnc2ccccc2n1)NC1CCCC1. The van der Waals surface area contributed by atoms with E-state index in [1.54, 1.807) is 12.3 Å². The van der Waals surface area contributed by atoms with Crippen LogP contribution in [0.2, 0.25) is 0 Å². The standard InChI is InChI=1S/C16H17N3O/c20-16(19-12-5-1-2-6-12)10-9-13-11-17-14-7-3-4-8-15(14)18-13/h3-4,7-12H,1-2,5-6H2,(H,19,20)/b10-9+. The maximum absolute atomic E-state index is 11.8. The van der Waals surface area contributed by atoms with Crippen LogP contribution in [0, 0.1) is 0 Å². The van der Waals surface area contributed by atoms with Gasteiger partial charge in [0.25, 0.3) is 0 Å². The van der Waals surface area contributed by atoms with Gasteiger partial charge in [-0.15, -0.1) is 0 Å². The van der Waals surface area contributed by atoms with Gasteiger partial charge in [-0.3, -0.25) is 9.78 Å². The average molecular weight is 267 g/mol. The topological polar surface area (TPSA) is 54.9 Å². The van der Waals surface area contributed by atoms with Crippen LogP contribution in [0.1, 0.15) is 31.4 Å². The summed E-state index contributed by atoms with van der Waals surface area (Å²) >= 11 is 0. The van der Waals surface area contributed by atoms with Crippen LogP contribution in [0.4, 0.5) is 0 Å². The molecule has 1 aromatic heterocycles. The van der Waals surface area contributed by atoms with Gasteiger partial charge in [0.05, 0.1) is 22.9 Å². The molecule has 1 amide bonds. The highest BCUT2D eigenvalue weighted by atomic mass is 16.1. The first-order valence-electron chi connectivity index (χ1n) is 7.02. The van der Waals surface area contributed by atoms with E-state index in [1.165, 1.54) is 18.9 Å². The van der Waals surface area contributed by atoms with Gasteiger partial charge in [-0.25, -0.2) is 4.98 Å². The van der Waals surface area contributed by atoms with Crippen LogP contribution in [0.3, 0.4) is 0 Å². The minimum absolute atomic E-state index is 0.0492. The van der Waals surface area contributed by atoms with Gasteiger partial charge in [-0.1, -0.05) is 25.0 Å². The number of amides is 1. The van der Waals surface area contributed by atoms with Gasteiger partial charge >= 0.3 is 0 Å². The fraction of sp³-hybridized carbons (Fsp3) is 0.312. The Kier molecular flexibility index (Phi) is 3.72. The molecule has 1 N–H and O–H groups in total. The van der Waals surface area contributed by atoms with Gasteiger partial charge in [-0.05, 0) is 31.1 Å². The number of carbonyl (C=O) groups excluding carboxylic acids is 1. The molecule has 4 nitrogen and oxygen atoms in total. The van der Waals surface area contributed by atoms with Crippen LogP contribution >= 0.6 is 0 Å². The van der Waals surface area contributed by atoms with Crippen LogP contribution in [-0.2, 0) is 4.79 Å². The van der Waals surface area contributed by atoms with Crippen LogP contribution in [0.25, 0.3) is 17.1 Å². The van der Waals surface area contributed by atoms with Crippen molar-refractivity contribution in [1.82, 2.24) is 15.3 Å². The fourth-order valence-corrected chi connectivity index (χ4v) is 2.53. The number of aromatic nitrogens is 2. The minimum atomic E-state index is -0.0492. The maximum Gasteiger partial charge on any atom is 0.244 e. The van der Waals surface area contributed by atoms with E-state index in [-0.39, 0.29) is 5.91 Å². The molecule has 1 heterocycles. The summed E-state index contributed by atoms with van der Waals surface area (Å²) in [5.41, 5.74) is 2.40. The van der Waals surface area contributed by atoms with Crippen molar-refractivity contribution in [2.75, 3.05) is 0 Å². The molecule has 0 bridgehead atoms. The van der Waals surface area contributed by atoms with E-state index in [2.05, 4.69) is 15.3 Å². The second kappa shape index (κ2) is 5.82. The number of hydrogen-bond acceptors (Lipinski definition) is 3. The molecule has 1 fully saturated rings. The fourth-order valence-electron chi connectivity index (χ4n) is 2.53. The Bertz CT molecular complexity index is 645. The van der Waals surface area contributed by atoms with E-state index < -0.39 is 0 Å². The lowest BCUT2D eigenvalue weighted by Gasteiger charge is -2.08. The predicted octanol–water partition coefficient (Wildman–Crippen LogP) is 2.70. The molecule has 1 aliphatic carbocycles. The molecule has 0 radical (unpaired) electrons. The molecule has 20 heavy (non-hydrogen) atoms. The molecule has 0 spiro atoms. The summed E-state index contributed by atoms with van der Waals surface area (Å²) in [5, 5.41) is 3.01. The summed E-state index contributed by atoms with van der Waals surface area (Å²) in [6.45, 7) is 0. The Balaban J connectivity index is 1.68. The molecule has 3 rings (SSSR count). The zero-order chi connectivity index (χ0) is 13.8. The van der Waals surface area contributed by atoms with Crippen LogP contribution in [0.5, 0.6) is 0 Å². The molecule has 0 atom stereocenters. The summed E-state index contributed by atoms with van der Waals surface area (Å²) in [6, 6.07) is 8.04. The summed E-state index contributed by atoms with van der Waals surface area (Å²) in [5.74, 6) is -0.0492. The van der Waals surface area contributed by atoms with Crippen LogP contribution < -0.4 is 5.32 Å².